The molecule has 0 unspecified atom stereocenters. The summed E-state index contributed by atoms with van der Waals surface area (Å²) in [5.41, 5.74) is 3.69. The van der Waals surface area contributed by atoms with Crippen molar-refractivity contribution in [2.24, 2.45) is 5.10 Å². The van der Waals surface area contributed by atoms with Gasteiger partial charge < -0.3 is 10.1 Å². The molecule has 0 bridgehead atoms. The van der Waals surface area contributed by atoms with E-state index in [9.17, 15) is 9.59 Å². The number of carbonyl (C=O) groups is 2. The molecule has 1 aromatic carbocycles. The number of nitrogens with zero attached hydrogens (tertiary/aromatic N) is 1. The third kappa shape index (κ3) is 5.95. The summed E-state index contributed by atoms with van der Waals surface area (Å²) in [6, 6.07) is 7.29. The third-order valence-corrected chi connectivity index (χ3v) is 2.70. The molecule has 0 aliphatic heterocycles. The van der Waals surface area contributed by atoms with Crippen molar-refractivity contribution in [2.75, 3.05) is 6.61 Å². The normalized spacial score (nSPS) is 11.2. The second-order valence-corrected chi connectivity index (χ2v) is 5.14. The number of hydrogen-bond acceptors (Lipinski definition) is 4. The average Bonchev–Trinajstić information content (AvgIpc) is 2.50. The van der Waals surface area contributed by atoms with Crippen molar-refractivity contribution in [3.63, 3.8) is 0 Å². The lowest BCUT2D eigenvalue weighted by Gasteiger charge is -2.08. The van der Waals surface area contributed by atoms with Gasteiger partial charge in [0, 0.05) is 6.04 Å². The number of amides is 2. The van der Waals surface area contributed by atoms with Gasteiger partial charge >= 0.3 is 11.8 Å². The Morgan fingerprint density at radius 3 is 2.36 bits per heavy atom. The van der Waals surface area contributed by atoms with Gasteiger partial charge in [-0.2, -0.15) is 5.10 Å². The molecule has 1 rings (SSSR count). The van der Waals surface area contributed by atoms with Crippen LogP contribution in [0.4, 0.5) is 0 Å². The van der Waals surface area contributed by atoms with E-state index < -0.39 is 11.8 Å². The first-order valence-corrected chi connectivity index (χ1v) is 7.32. The zero-order valence-corrected chi connectivity index (χ0v) is 13.5. The molecule has 6 nitrogen and oxygen atoms in total. The monoisotopic (exact) mass is 305 g/mol. The molecule has 0 aliphatic rings. The molecule has 2 N–H and O–H groups in total. The number of benzene rings is 1. The fourth-order valence-corrected chi connectivity index (χ4v) is 1.59. The van der Waals surface area contributed by atoms with Crippen molar-refractivity contribution < 1.29 is 14.3 Å². The maximum atomic E-state index is 11.5. The van der Waals surface area contributed by atoms with Crippen LogP contribution >= 0.6 is 0 Å². The number of ether oxygens (including phenoxy) is 1. The molecule has 0 radical (unpaired) electrons. The molecule has 0 saturated carbocycles. The lowest BCUT2D eigenvalue weighted by atomic mass is 10.1. The predicted molar refractivity (Wildman–Crippen MR) is 85.9 cm³/mol. The van der Waals surface area contributed by atoms with Gasteiger partial charge in [-0.1, -0.05) is 6.92 Å². The van der Waals surface area contributed by atoms with E-state index in [0.717, 1.165) is 17.7 Å². The number of carbonyl (C=O) groups excluding carboxylic acids is 2. The van der Waals surface area contributed by atoms with Crippen LogP contribution < -0.4 is 15.5 Å². The summed E-state index contributed by atoms with van der Waals surface area (Å²) in [6.07, 6.45) is 0.951. The first-order valence-electron chi connectivity index (χ1n) is 7.32. The van der Waals surface area contributed by atoms with Gasteiger partial charge in [-0.05, 0) is 57.0 Å². The van der Waals surface area contributed by atoms with Crippen LogP contribution in [0.15, 0.2) is 29.4 Å². The molecular weight excluding hydrogens is 282 g/mol. The van der Waals surface area contributed by atoms with Crippen molar-refractivity contribution in [3.8, 4) is 5.75 Å². The highest BCUT2D eigenvalue weighted by Crippen LogP contribution is 2.13. The van der Waals surface area contributed by atoms with Gasteiger partial charge in [-0.15, -0.1) is 0 Å². The maximum absolute atomic E-state index is 11.5. The first-order chi connectivity index (χ1) is 10.4. The quantitative estimate of drug-likeness (QED) is 0.478. The summed E-state index contributed by atoms with van der Waals surface area (Å²) in [6.45, 7) is 8.03. The first kappa shape index (κ1) is 17.7. The zero-order valence-electron chi connectivity index (χ0n) is 13.5. The summed E-state index contributed by atoms with van der Waals surface area (Å²) in [4.78, 5) is 23.0. The van der Waals surface area contributed by atoms with Gasteiger partial charge in [0.2, 0.25) is 0 Å². The lowest BCUT2D eigenvalue weighted by Crippen LogP contribution is -2.41. The summed E-state index contributed by atoms with van der Waals surface area (Å²) in [5.74, 6) is -0.690. The molecule has 1 aromatic rings. The van der Waals surface area contributed by atoms with Gasteiger partial charge in [0.15, 0.2) is 0 Å². The van der Waals surface area contributed by atoms with Crippen LogP contribution in [-0.4, -0.2) is 30.2 Å². The highest BCUT2D eigenvalue weighted by atomic mass is 16.5. The summed E-state index contributed by atoms with van der Waals surface area (Å²) >= 11 is 0. The van der Waals surface area contributed by atoms with Crippen LogP contribution in [0.1, 0.15) is 39.7 Å². The van der Waals surface area contributed by atoms with E-state index in [1.165, 1.54) is 0 Å². The molecule has 0 aromatic heterocycles. The molecule has 22 heavy (non-hydrogen) atoms. The van der Waals surface area contributed by atoms with E-state index in [0.29, 0.717) is 12.3 Å². The van der Waals surface area contributed by atoms with E-state index in [2.05, 4.69) is 15.8 Å². The second kappa shape index (κ2) is 8.81. The van der Waals surface area contributed by atoms with Crippen LogP contribution in [0.3, 0.4) is 0 Å². The largest absolute Gasteiger partial charge is 0.494 e. The van der Waals surface area contributed by atoms with Crippen molar-refractivity contribution in [1.82, 2.24) is 10.7 Å². The average molecular weight is 305 g/mol. The van der Waals surface area contributed by atoms with Gasteiger partial charge in [0.25, 0.3) is 0 Å². The number of nitrogens with one attached hydrogen (secondary N) is 2. The van der Waals surface area contributed by atoms with Crippen LogP contribution in [0.2, 0.25) is 0 Å². The summed E-state index contributed by atoms with van der Waals surface area (Å²) < 4.78 is 5.49. The number of hydrogen-bond donors (Lipinski definition) is 2. The molecule has 0 heterocycles. The Labute approximate surface area is 130 Å². The molecule has 0 atom stereocenters. The Kier molecular flexibility index (Phi) is 7.08. The highest BCUT2D eigenvalue weighted by Gasteiger charge is 2.13. The lowest BCUT2D eigenvalue weighted by molar-refractivity contribution is -0.139. The van der Waals surface area contributed by atoms with E-state index in [1.807, 2.05) is 31.2 Å². The maximum Gasteiger partial charge on any atom is 0.329 e. The Morgan fingerprint density at radius 2 is 1.82 bits per heavy atom. The van der Waals surface area contributed by atoms with Gasteiger partial charge in [-0.25, -0.2) is 5.43 Å². The standard InChI is InChI=1S/C16H23N3O3/c1-5-10-22-14-8-6-13(7-9-14)12(4)18-19-16(21)15(20)17-11(2)3/h6-9,11H,5,10H2,1-4H3,(H,17,20)(H,19,21)/b18-12-. The molecule has 6 heteroatoms. The van der Waals surface area contributed by atoms with Crippen LogP contribution in [0.25, 0.3) is 0 Å². The van der Waals surface area contributed by atoms with Crippen molar-refractivity contribution in [2.45, 2.75) is 40.2 Å². The van der Waals surface area contributed by atoms with Gasteiger partial charge in [0.1, 0.15) is 5.75 Å². The minimum atomic E-state index is -0.782. The summed E-state index contributed by atoms with van der Waals surface area (Å²) in [7, 11) is 0. The molecule has 120 valence electrons. The molecule has 2 amide bonds. The summed E-state index contributed by atoms with van der Waals surface area (Å²) in [5, 5.41) is 6.43. The highest BCUT2D eigenvalue weighted by molar-refractivity contribution is 6.35. The van der Waals surface area contributed by atoms with Crippen molar-refractivity contribution in [1.29, 1.82) is 0 Å². The molecular formula is C16H23N3O3. The number of hydrazone groups is 1. The fourth-order valence-electron chi connectivity index (χ4n) is 1.59. The van der Waals surface area contributed by atoms with E-state index in [1.54, 1.807) is 20.8 Å². The van der Waals surface area contributed by atoms with Crippen LogP contribution in [-0.2, 0) is 9.59 Å². The minimum Gasteiger partial charge on any atom is -0.494 e. The third-order valence-electron chi connectivity index (χ3n) is 2.70. The Hall–Kier alpha value is -2.37. The van der Waals surface area contributed by atoms with Crippen LogP contribution in [0.5, 0.6) is 5.75 Å². The van der Waals surface area contributed by atoms with Crippen molar-refractivity contribution in [3.05, 3.63) is 29.8 Å². The zero-order chi connectivity index (χ0) is 16.5. The Balaban J connectivity index is 2.61. The molecule has 0 saturated heterocycles. The van der Waals surface area contributed by atoms with Crippen LogP contribution in [0, 0.1) is 0 Å². The second-order valence-electron chi connectivity index (χ2n) is 5.14. The molecule has 0 spiro atoms. The topological polar surface area (TPSA) is 79.8 Å². The SMILES string of the molecule is CCCOc1ccc(/C(C)=N\NC(=O)C(=O)NC(C)C)cc1. The van der Waals surface area contributed by atoms with E-state index in [-0.39, 0.29) is 6.04 Å². The van der Waals surface area contributed by atoms with Gasteiger partial charge in [0.05, 0.1) is 12.3 Å². The fraction of sp³-hybridized carbons (Fsp3) is 0.438. The Morgan fingerprint density at radius 1 is 1.18 bits per heavy atom. The molecule has 0 fully saturated rings. The van der Waals surface area contributed by atoms with Crippen molar-refractivity contribution >= 4 is 17.5 Å². The number of rotatable bonds is 6. The van der Waals surface area contributed by atoms with E-state index in [4.69, 9.17) is 4.74 Å². The van der Waals surface area contributed by atoms with E-state index >= 15 is 0 Å². The smallest absolute Gasteiger partial charge is 0.329 e. The predicted octanol–water partition coefficient (Wildman–Crippen LogP) is 1.84. The molecule has 0 aliphatic carbocycles. The Bertz CT molecular complexity index is 536. The minimum absolute atomic E-state index is 0.0982. The van der Waals surface area contributed by atoms with Gasteiger partial charge in [-0.3, -0.25) is 9.59 Å².